The topological polar surface area (TPSA) is 20.2 Å². The van der Waals surface area contributed by atoms with Crippen molar-refractivity contribution in [2.24, 2.45) is 0 Å². The van der Waals surface area contributed by atoms with E-state index < -0.39 is 19.5 Å². The Morgan fingerprint density at radius 1 is 1.12 bits per heavy atom. The summed E-state index contributed by atoms with van der Waals surface area (Å²) in [7, 11) is 0. The van der Waals surface area contributed by atoms with Crippen LogP contribution in [0, 0.1) is 0 Å². The van der Waals surface area contributed by atoms with Crippen molar-refractivity contribution in [2.45, 2.75) is 31.3 Å². The molecular weight excluding hydrogens is 451 g/mol. The van der Waals surface area contributed by atoms with E-state index in [1.165, 1.54) is 3.58 Å². The van der Waals surface area contributed by atoms with Crippen LogP contribution in [0.4, 0.5) is 0 Å². The third kappa shape index (κ3) is 3.82. The van der Waals surface area contributed by atoms with Crippen molar-refractivity contribution < 1.29 is 5.11 Å². The van der Waals surface area contributed by atoms with Crippen LogP contribution >= 0.6 is 25.4 Å². The molecule has 0 saturated heterocycles. The van der Waals surface area contributed by atoms with Gasteiger partial charge in [-0.25, -0.2) is 0 Å². The Kier molecular flexibility index (Phi) is 4.78. The predicted octanol–water partition coefficient (Wildman–Crippen LogP) is 3.53. The van der Waals surface area contributed by atoms with Crippen LogP contribution in [-0.2, 0) is 0 Å². The summed E-state index contributed by atoms with van der Waals surface area (Å²) in [4.78, 5) is 0. The summed E-state index contributed by atoms with van der Waals surface area (Å²) in [6, 6.07) is 10.4. The van der Waals surface area contributed by atoms with Crippen molar-refractivity contribution in [3.05, 3.63) is 40.5 Å². The van der Waals surface area contributed by atoms with E-state index in [-0.39, 0.29) is 0 Å². The van der Waals surface area contributed by atoms with Gasteiger partial charge >= 0.3 is 120 Å². The van der Waals surface area contributed by atoms with Crippen LogP contribution in [0.5, 0.6) is 0 Å². The summed E-state index contributed by atoms with van der Waals surface area (Å²) in [5.41, 5.74) is -0.557. The van der Waals surface area contributed by atoms with Crippen LogP contribution in [0.2, 0.25) is 0 Å². The number of benzene rings is 1. The zero-order valence-corrected chi connectivity index (χ0v) is 15.6. The summed E-state index contributed by atoms with van der Waals surface area (Å²) in [5.74, 6) is 0. The number of rotatable bonds is 3. The SMILES string of the molecule is OC1(/C=[CH]\[Sn]([Br])([Br])[c]2ccccc2)CCCC1. The molecule has 0 heterocycles. The third-order valence-electron chi connectivity index (χ3n) is 3.23. The second-order valence-corrected chi connectivity index (χ2v) is 34.7. The summed E-state index contributed by atoms with van der Waals surface area (Å²) < 4.78 is 3.54. The average Bonchev–Trinajstić information content (AvgIpc) is 2.76. The van der Waals surface area contributed by atoms with E-state index in [1.807, 2.05) is 12.1 Å². The zero-order valence-electron chi connectivity index (χ0n) is 9.57. The first-order valence-corrected chi connectivity index (χ1v) is 21.8. The van der Waals surface area contributed by atoms with Crippen LogP contribution in [0.1, 0.15) is 25.7 Å². The van der Waals surface area contributed by atoms with Gasteiger partial charge in [0.25, 0.3) is 0 Å². The Bertz CT molecular complexity index is 397. The molecule has 0 unspecified atom stereocenters. The van der Waals surface area contributed by atoms with Gasteiger partial charge in [0.2, 0.25) is 0 Å². The van der Waals surface area contributed by atoms with Crippen molar-refractivity contribution in [3.8, 4) is 0 Å². The van der Waals surface area contributed by atoms with Crippen molar-refractivity contribution in [1.29, 1.82) is 0 Å². The van der Waals surface area contributed by atoms with Crippen molar-refractivity contribution in [3.63, 3.8) is 0 Å². The average molecular weight is 467 g/mol. The van der Waals surface area contributed by atoms with Crippen LogP contribution in [-0.4, -0.2) is 24.6 Å². The maximum atomic E-state index is 10.3. The molecule has 0 spiro atoms. The molecule has 92 valence electrons. The Morgan fingerprint density at radius 2 is 1.71 bits per heavy atom. The summed E-state index contributed by atoms with van der Waals surface area (Å²) >= 11 is 5.01. The molecule has 0 atom stereocenters. The molecule has 1 nitrogen and oxygen atoms in total. The first-order valence-electron chi connectivity index (χ1n) is 5.88. The monoisotopic (exact) mass is 466 g/mol. The van der Waals surface area contributed by atoms with E-state index in [2.05, 4.69) is 53.8 Å². The molecular formula is C13H16Br2OSn. The van der Waals surface area contributed by atoms with Crippen LogP contribution in [0.15, 0.2) is 40.5 Å². The van der Waals surface area contributed by atoms with Crippen molar-refractivity contribution in [1.82, 2.24) is 0 Å². The predicted molar refractivity (Wildman–Crippen MR) is 82.2 cm³/mol. The van der Waals surface area contributed by atoms with Gasteiger partial charge in [-0.05, 0) is 0 Å². The molecule has 1 saturated carbocycles. The van der Waals surface area contributed by atoms with E-state index in [9.17, 15) is 5.11 Å². The minimum absolute atomic E-state index is 0.557. The van der Waals surface area contributed by atoms with Gasteiger partial charge in [0.15, 0.2) is 0 Å². The second-order valence-electron chi connectivity index (χ2n) is 4.63. The van der Waals surface area contributed by atoms with Gasteiger partial charge < -0.3 is 0 Å². The molecule has 2 rings (SSSR count). The Labute approximate surface area is 119 Å². The normalized spacial score (nSPS) is 19.9. The fourth-order valence-electron chi connectivity index (χ4n) is 2.17. The molecule has 17 heavy (non-hydrogen) atoms. The van der Waals surface area contributed by atoms with E-state index in [4.69, 9.17) is 0 Å². The molecule has 1 aromatic carbocycles. The quantitative estimate of drug-likeness (QED) is 0.676. The minimum atomic E-state index is -2.69. The molecule has 4 heteroatoms. The summed E-state index contributed by atoms with van der Waals surface area (Å²) in [6.45, 7) is 0. The van der Waals surface area contributed by atoms with Crippen LogP contribution < -0.4 is 3.58 Å². The fraction of sp³-hybridized carbons (Fsp3) is 0.385. The third-order valence-corrected chi connectivity index (χ3v) is 17.7. The van der Waals surface area contributed by atoms with Crippen LogP contribution in [0.25, 0.3) is 0 Å². The fourth-order valence-corrected chi connectivity index (χ4v) is 11.3. The van der Waals surface area contributed by atoms with Gasteiger partial charge in [0.1, 0.15) is 0 Å². The molecule has 1 aliphatic carbocycles. The van der Waals surface area contributed by atoms with E-state index in [0.29, 0.717) is 0 Å². The maximum absolute atomic E-state index is 10.3. The zero-order chi connectivity index (χ0) is 12.4. The molecule has 1 N–H and O–H groups in total. The molecule has 1 aliphatic rings. The van der Waals surface area contributed by atoms with Gasteiger partial charge in [0.05, 0.1) is 0 Å². The van der Waals surface area contributed by atoms with Gasteiger partial charge in [-0.2, -0.15) is 0 Å². The van der Waals surface area contributed by atoms with Crippen LogP contribution in [0.3, 0.4) is 0 Å². The molecule has 0 radical (unpaired) electrons. The van der Waals surface area contributed by atoms with Crippen molar-refractivity contribution >= 4 is 42.9 Å². The first-order chi connectivity index (χ1) is 8.02. The molecule has 1 aromatic rings. The summed E-state index contributed by atoms with van der Waals surface area (Å²) in [5, 5.41) is 10.3. The summed E-state index contributed by atoms with van der Waals surface area (Å²) in [6.07, 6.45) is 6.10. The molecule has 0 aliphatic heterocycles. The number of hydrogen-bond donors (Lipinski definition) is 1. The molecule has 0 aromatic heterocycles. The van der Waals surface area contributed by atoms with E-state index >= 15 is 0 Å². The molecule has 0 amide bonds. The molecule has 0 bridgehead atoms. The van der Waals surface area contributed by atoms with Gasteiger partial charge in [-0.15, -0.1) is 0 Å². The number of hydrogen-bond acceptors (Lipinski definition) is 1. The molecule has 1 fully saturated rings. The first kappa shape index (κ1) is 14.1. The number of aliphatic hydroxyl groups is 1. The Balaban J connectivity index is 2.14. The standard InChI is InChI=1S/C7H11O.C6H5.2BrH.Sn/c1-2-7(8)5-3-4-6-7;1-2-4-6-5-3-1;;;/h1-2,8H,3-6H2;1-5H;2*1H;/q;;;;+2/p-2. The number of halogens is 2. The van der Waals surface area contributed by atoms with Crippen molar-refractivity contribution in [2.75, 3.05) is 0 Å². The Morgan fingerprint density at radius 3 is 2.29 bits per heavy atom. The van der Waals surface area contributed by atoms with E-state index in [0.717, 1.165) is 25.7 Å². The second kappa shape index (κ2) is 5.76. The van der Waals surface area contributed by atoms with Gasteiger partial charge in [-0.3, -0.25) is 0 Å². The Hall–Kier alpha value is 0.679. The van der Waals surface area contributed by atoms with Gasteiger partial charge in [-0.1, -0.05) is 0 Å². The van der Waals surface area contributed by atoms with E-state index in [1.54, 1.807) is 0 Å². The van der Waals surface area contributed by atoms with Gasteiger partial charge in [0, 0.05) is 0 Å².